The van der Waals surface area contributed by atoms with Crippen LogP contribution in [0.25, 0.3) is 4.85 Å². The second kappa shape index (κ2) is 5.36. The van der Waals surface area contributed by atoms with Crippen molar-refractivity contribution in [3.05, 3.63) is 11.4 Å². The van der Waals surface area contributed by atoms with Crippen LogP contribution in [0.5, 0.6) is 0 Å². The Morgan fingerprint density at radius 3 is 2.64 bits per heavy atom. The van der Waals surface area contributed by atoms with E-state index in [4.69, 9.17) is 6.57 Å². The van der Waals surface area contributed by atoms with E-state index >= 15 is 0 Å². The van der Waals surface area contributed by atoms with E-state index in [1.807, 2.05) is 0 Å². The molecule has 0 radical (unpaired) electrons. The number of hydrogen-bond donors (Lipinski definition) is 1. The van der Waals surface area contributed by atoms with Crippen LogP contribution in [0, 0.1) is 18.4 Å². The Morgan fingerprint density at radius 2 is 2.14 bits per heavy atom. The van der Waals surface area contributed by atoms with Gasteiger partial charge in [0.2, 0.25) is 6.04 Å². The van der Waals surface area contributed by atoms with Crippen LogP contribution in [-0.4, -0.2) is 17.3 Å². The van der Waals surface area contributed by atoms with E-state index in [0.717, 1.165) is 6.42 Å². The van der Waals surface area contributed by atoms with Crippen molar-refractivity contribution in [2.75, 3.05) is 0 Å². The molecule has 0 amide bonds. The summed E-state index contributed by atoms with van der Waals surface area (Å²) in [5.41, 5.74) is 0. The molecule has 0 aromatic rings. The van der Waals surface area contributed by atoms with E-state index in [9.17, 15) is 5.11 Å². The highest BCUT2D eigenvalue weighted by atomic mass is 16.3. The van der Waals surface area contributed by atoms with Crippen molar-refractivity contribution in [3.63, 3.8) is 0 Å². The van der Waals surface area contributed by atoms with Gasteiger partial charge in [-0.05, 0) is 12.3 Å². The predicted molar refractivity (Wildman–Crippen MR) is 57.8 cm³/mol. The molecule has 1 fully saturated rings. The minimum atomic E-state index is -0.221. The number of rotatable bonds is 4. The summed E-state index contributed by atoms with van der Waals surface area (Å²) in [4.78, 5) is 3.59. The van der Waals surface area contributed by atoms with Crippen molar-refractivity contribution in [1.82, 2.24) is 0 Å². The summed E-state index contributed by atoms with van der Waals surface area (Å²) in [7, 11) is 0. The Bertz CT molecular complexity index is 209. The maximum absolute atomic E-state index is 9.82. The molecule has 4 atom stereocenters. The van der Waals surface area contributed by atoms with Crippen molar-refractivity contribution in [2.45, 2.75) is 58.1 Å². The van der Waals surface area contributed by atoms with Gasteiger partial charge in [0.15, 0.2) is 0 Å². The molecule has 2 nitrogen and oxygen atoms in total. The van der Waals surface area contributed by atoms with Gasteiger partial charge in [-0.25, -0.2) is 6.57 Å². The second-order valence-corrected chi connectivity index (χ2v) is 4.52. The first-order chi connectivity index (χ1) is 6.70. The number of hydrogen-bond acceptors (Lipinski definition) is 1. The number of aliphatic hydroxyl groups excluding tert-OH is 1. The third-order valence-corrected chi connectivity index (χ3v) is 3.57. The fourth-order valence-electron chi connectivity index (χ4n) is 2.53. The minimum Gasteiger partial charge on any atom is -0.393 e. The normalized spacial score (nSPS) is 37.0. The fraction of sp³-hybridized carbons (Fsp3) is 0.917. The van der Waals surface area contributed by atoms with Crippen molar-refractivity contribution in [3.8, 4) is 0 Å². The Hall–Kier alpha value is -0.550. The Kier molecular flexibility index (Phi) is 4.41. The summed E-state index contributed by atoms with van der Waals surface area (Å²) >= 11 is 0. The lowest BCUT2D eigenvalue weighted by Gasteiger charge is -2.17. The highest BCUT2D eigenvalue weighted by molar-refractivity contribution is 4.98. The molecule has 2 unspecified atom stereocenters. The summed E-state index contributed by atoms with van der Waals surface area (Å²) < 4.78 is 0. The van der Waals surface area contributed by atoms with E-state index in [-0.39, 0.29) is 12.1 Å². The summed E-state index contributed by atoms with van der Waals surface area (Å²) in [5.74, 6) is 0.764. The Balaban J connectivity index is 2.40. The summed E-state index contributed by atoms with van der Waals surface area (Å²) in [6.07, 6.45) is 5.25. The molecule has 0 saturated heterocycles. The van der Waals surface area contributed by atoms with Gasteiger partial charge >= 0.3 is 0 Å². The zero-order valence-corrected chi connectivity index (χ0v) is 9.24. The van der Waals surface area contributed by atoms with Crippen molar-refractivity contribution >= 4 is 0 Å². The molecular formula is C12H21NO. The molecule has 1 aliphatic carbocycles. The lowest BCUT2D eigenvalue weighted by Crippen LogP contribution is -2.18. The summed E-state index contributed by atoms with van der Waals surface area (Å²) in [5, 5.41) is 9.82. The largest absolute Gasteiger partial charge is 0.393 e. The van der Waals surface area contributed by atoms with Crippen LogP contribution in [0.3, 0.4) is 0 Å². The highest BCUT2D eigenvalue weighted by Crippen LogP contribution is 2.37. The molecule has 2 heteroatoms. The topological polar surface area (TPSA) is 24.6 Å². The van der Waals surface area contributed by atoms with Gasteiger partial charge < -0.3 is 9.95 Å². The first-order valence-electron chi connectivity index (χ1n) is 5.75. The molecule has 0 spiro atoms. The van der Waals surface area contributed by atoms with Crippen molar-refractivity contribution < 1.29 is 5.11 Å². The SMILES string of the molecule is [C-]#[N+][C@@H]1C[C@@H](O)C(CCCCC)C1C. The molecule has 0 aliphatic heterocycles. The van der Waals surface area contributed by atoms with Crippen LogP contribution in [-0.2, 0) is 0 Å². The zero-order chi connectivity index (χ0) is 10.6. The monoisotopic (exact) mass is 195 g/mol. The predicted octanol–water partition coefficient (Wildman–Crippen LogP) is 2.87. The van der Waals surface area contributed by atoms with Crippen molar-refractivity contribution in [1.29, 1.82) is 0 Å². The molecule has 1 saturated carbocycles. The van der Waals surface area contributed by atoms with Gasteiger partial charge in [0.05, 0.1) is 6.10 Å². The Morgan fingerprint density at radius 1 is 1.43 bits per heavy atom. The van der Waals surface area contributed by atoms with Crippen LogP contribution in [0.4, 0.5) is 0 Å². The maximum Gasteiger partial charge on any atom is 0.229 e. The molecule has 14 heavy (non-hydrogen) atoms. The third-order valence-electron chi connectivity index (χ3n) is 3.57. The molecule has 0 heterocycles. The maximum atomic E-state index is 9.82. The molecule has 80 valence electrons. The van der Waals surface area contributed by atoms with Crippen LogP contribution in [0.1, 0.15) is 46.0 Å². The average molecular weight is 195 g/mol. The van der Waals surface area contributed by atoms with E-state index in [2.05, 4.69) is 18.7 Å². The van der Waals surface area contributed by atoms with E-state index < -0.39 is 0 Å². The molecule has 1 aliphatic rings. The lowest BCUT2D eigenvalue weighted by atomic mass is 9.90. The van der Waals surface area contributed by atoms with E-state index in [1.54, 1.807) is 0 Å². The minimum absolute atomic E-state index is 0.0663. The van der Waals surface area contributed by atoms with Gasteiger partial charge in [-0.15, -0.1) is 0 Å². The number of nitrogens with zero attached hydrogens (tertiary/aromatic N) is 1. The van der Waals surface area contributed by atoms with Gasteiger partial charge in [0.25, 0.3) is 0 Å². The quantitative estimate of drug-likeness (QED) is 0.541. The third kappa shape index (κ3) is 2.48. The Labute approximate surface area is 87.1 Å². The number of aliphatic hydroxyl groups is 1. The fourth-order valence-corrected chi connectivity index (χ4v) is 2.53. The highest BCUT2D eigenvalue weighted by Gasteiger charge is 2.43. The summed E-state index contributed by atoms with van der Waals surface area (Å²) in [6, 6.07) is 0.0663. The van der Waals surface area contributed by atoms with Crippen LogP contribution in [0.15, 0.2) is 0 Å². The first-order valence-corrected chi connectivity index (χ1v) is 5.75. The van der Waals surface area contributed by atoms with Gasteiger partial charge in [0.1, 0.15) is 0 Å². The smallest absolute Gasteiger partial charge is 0.229 e. The molecule has 1 N–H and O–H groups in total. The van der Waals surface area contributed by atoms with Gasteiger partial charge in [0, 0.05) is 12.3 Å². The van der Waals surface area contributed by atoms with Crippen LogP contribution in [0.2, 0.25) is 0 Å². The standard InChI is InChI=1S/C12H21NO/c1-4-5-6-7-10-9(2)11(13-3)8-12(10)14/h9-12,14H,4-8H2,1-2H3/t9?,10?,11-,12-/m1/s1. The van der Waals surface area contributed by atoms with E-state index in [1.165, 1.54) is 19.3 Å². The average Bonchev–Trinajstić information content (AvgIpc) is 2.45. The van der Waals surface area contributed by atoms with E-state index in [0.29, 0.717) is 18.3 Å². The molecule has 0 aromatic carbocycles. The van der Waals surface area contributed by atoms with Gasteiger partial charge in [-0.3, -0.25) is 0 Å². The van der Waals surface area contributed by atoms with Gasteiger partial charge in [-0.2, -0.15) is 0 Å². The number of unbranched alkanes of at least 4 members (excludes halogenated alkanes) is 2. The van der Waals surface area contributed by atoms with Crippen LogP contribution < -0.4 is 0 Å². The second-order valence-electron chi connectivity index (χ2n) is 4.52. The molecule has 1 rings (SSSR count). The molecule has 0 aromatic heterocycles. The molecular weight excluding hydrogens is 174 g/mol. The lowest BCUT2D eigenvalue weighted by molar-refractivity contribution is 0.113. The first kappa shape index (κ1) is 11.5. The summed E-state index contributed by atoms with van der Waals surface area (Å²) in [6.45, 7) is 11.3. The molecule has 0 bridgehead atoms. The van der Waals surface area contributed by atoms with Crippen LogP contribution >= 0.6 is 0 Å². The van der Waals surface area contributed by atoms with Crippen molar-refractivity contribution in [2.24, 2.45) is 11.8 Å². The van der Waals surface area contributed by atoms with Gasteiger partial charge in [-0.1, -0.05) is 33.1 Å². The zero-order valence-electron chi connectivity index (χ0n) is 9.24.